The van der Waals surface area contributed by atoms with Gasteiger partial charge in [-0.25, -0.2) is 0 Å². The van der Waals surface area contributed by atoms with Crippen molar-refractivity contribution in [1.29, 1.82) is 0 Å². The van der Waals surface area contributed by atoms with E-state index in [4.69, 9.17) is 21.3 Å². The molecule has 45 heavy (non-hydrogen) atoms. The van der Waals surface area contributed by atoms with Crippen LogP contribution in [0.3, 0.4) is 0 Å². The summed E-state index contributed by atoms with van der Waals surface area (Å²) in [5, 5.41) is 1.45. The number of nitrogens with two attached hydrogens (primary N) is 2. The van der Waals surface area contributed by atoms with Gasteiger partial charge in [-0.1, -0.05) is 179 Å². The maximum absolute atomic E-state index is 8.12. The van der Waals surface area contributed by atoms with Crippen molar-refractivity contribution in [3.8, 4) is 0 Å². The van der Waals surface area contributed by atoms with Gasteiger partial charge in [-0.15, -0.1) is 0 Å². The maximum atomic E-state index is 8.12. The Morgan fingerprint density at radius 2 is 0.778 bits per heavy atom. The van der Waals surface area contributed by atoms with Gasteiger partial charge in [0.25, 0.3) is 0 Å². The average molecular weight is 697 g/mol. The summed E-state index contributed by atoms with van der Waals surface area (Å²) >= 11 is 3.07. The van der Waals surface area contributed by atoms with Crippen LogP contribution in [-0.4, -0.2) is 51.8 Å². The standard InChI is InChI=1S/2C16H34N2S.C3H9O3P/c2*1-3-4-5-6-7-8-9-10-11-12-13-14-15-18-16(17)19-2;1-3(2)6-7(4)5/h2*3-15H2,1-2H3,(H2,17,18);3-5H,1-2H3. The fourth-order valence-corrected chi connectivity index (χ4v) is 5.42. The summed E-state index contributed by atoms with van der Waals surface area (Å²) in [6.07, 6.45) is 37.2. The van der Waals surface area contributed by atoms with Crippen molar-refractivity contribution < 1.29 is 14.3 Å². The van der Waals surface area contributed by atoms with Gasteiger partial charge in [-0.05, 0) is 39.2 Å². The minimum absolute atomic E-state index is 0.0962. The van der Waals surface area contributed by atoms with Crippen LogP contribution in [0, 0.1) is 0 Å². The molecule has 0 atom stereocenters. The second kappa shape index (κ2) is 43.9. The zero-order valence-electron chi connectivity index (χ0n) is 30.6. The molecule has 0 spiro atoms. The second-order valence-electron chi connectivity index (χ2n) is 12.0. The fraction of sp³-hybridized carbons (Fsp3) is 0.943. The van der Waals surface area contributed by atoms with Crippen molar-refractivity contribution in [2.24, 2.45) is 21.5 Å². The predicted octanol–water partition coefficient (Wildman–Crippen LogP) is 11.4. The fourth-order valence-electron chi connectivity index (χ4n) is 4.60. The van der Waals surface area contributed by atoms with Gasteiger partial charge in [-0.2, -0.15) is 0 Å². The molecule has 10 heteroatoms. The van der Waals surface area contributed by atoms with E-state index in [2.05, 4.69) is 28.4 Å². The van der Waals surface area contributed by atoms with Crippen LogP contribution in [0.1, 0.15) is 182 Å². The molecule has 0 aliphatic carbocycles. The molecule has 0 heterocycles. The van der Waals surface area contributed by atoms with Crippen molar-refractivity contribution in [2.75, 3.05) is 25.6 Å². The Morgan fingerprint density at radius 3 is 0.956 bits per heavy atom. The molecule has 0 rings (SSSR count). The Kier molecular flexibility index (Phi) is 48.2. The summed E-state index contributed by atoms with van der Waals surface area (Å²) in [4.78, 5) is 24.8. The number of rotatable bonds is 28. The molecular formula is C35H77N4O3PS2. The van der Waals surface area contributed by atoms with Crippen LogP contribution in [0.2, 0.25) is 0 Å². The van der Waals surface area contributed by atoms with E-state index in [9.17, 15) is 0 Å². The summed E-state index contributed by atoms with van der Waals surface area (Å²) in [6.45, 7) is 9.85. The molecule has 0 aromatic rings. The van der Waals surface area contributed by atoms with E-state index in [-0.39, 0.29) is 6.10 Å². The third-order valence-corrected chi connectivity index (χ3v) is 8.99. The van der Waals surface area contributed by atoms with Crippen molar-refractivity contribution in [3.05, 3.63) is 0 Å². The van der Waals surface area contributed by atoms with Crippen LogP contribution in [0.4, 0.5) is 0 Å². The number of aliphatic imine (C=N–C) groups is 2. The molecule has 0 saturated carbocycles. The number of hydrogen-bond donors (Lipinski definition) is 4. The molecule has 0 radical (unpaired) electrons. The van der Waals surface area contributed by atoms with Gasteiger partial charge < -0.3 is 25.8 Å². The summed E-state index contributed by atoms with van der Waals surface area (Å²) in [5.74, 6) is 0. The van der Waals surface area contributed by atoms with Crippen LogP contribution < -0.4 is 11.5 Å². The van der Waals surface area contributed by atoms with Gasteiger partial charge in [0.2, 0.25) is 0 Å². The zero-order valence-corrected chi connectivity index (χ0v) is 33.1. The lowest BCUT2D eigenvalue weighted by atomic mass is 10.1. The quantitative estimate of drug-likeness (QED) is 0.0277. The van der Waals surface area contributed by atoms with E-state index in [0.717, 1.165) is 23.4 Å². The highest BCUT2D eigenvalue weighted by Crippen LogP contribution is 2.26. The molecule has 0 aliphatic heterocycles. The molecule has 0 aromatic carbocycles. The van der Waals surface area contributed by atoms with Crippen molar-refractivity contribution in [2.45, 2.75) is 188 Å². The van der Waals surface area contributed by atoms with Gasteiger partial charge >= 0.3 is 8.60 Å². The number of nitrogens with zero attached hydrogens (tertiary/aromatic N) is 2. The Bertz CT molecular complexity index is 565. The predicted molar refractivity (Wildman–Crippen MR) is 210 cm³/mol. The lowest BCUT2D eigenvalue weighted by Gasteiger charge is -2.04. The summed E-state index contributed by atoms with van der Waals surface area (Å²) in [6, 6.07) is 0. The first-order chi connectivity index (χ1) is 21.7. The normalized spacial score (nSPS) is 11.9. The molecule has 0 bridgehead atoms. The smallest absolute Gasteiger partial charge is 0.327 e. The zero-order chi connectivity index (χ0) is 34.2. The minimum atomic E-state index is -2.14. The van der Waals surface area contributed by atoms with Crippen molar-refractivity contribution >= 4 is 42.5 Å². The third-order valence-electron chi connectivity index (χ3n) is 7.28. The molecule has 6 N–H and O–H groups in total. The first-order valence-electron chi connectivity index (χ1n) is 18.3. The van der Waals surface area contributed by atoms with Crippen LogP contribution in [0.5, 0.6) is 0 Å². The number of unbranched alkanes of at least 4 members (excludes halogenated alkanes) is 22. The minimum Gasteiger partial charge on any atom is -0.379 e. The van der Waals surface area contributed by atoms with Gasteiger partial charge in [0.15, 0.2) is 10.3 Å². The Balaban J connectivity index is -0.000000648. The van der Waals surface area contributed by atoms with E-state index in [1.807, 2.05) is 12.5 Å². The first kappa shape index (κ1) is 49.3. The van der Waals surface area contributed by atoms with E-state index >= 15 is 0 Å². The number of thioether (sulfide) groups is 2. The molecule has 0 aliphatic rings. The van der Waals surface area contributed by atoms with E-state index in [1.54, 1.807) is 13.8 Å². The highest BCUT2D eigenvalue weighted by Gasteiger charge is 2.00. The monoisotopic (exact) mass is 697 g/mol. The summed E-state index contributed by atoms with van der Waals surface area (Å²) in [7, 11) is -2.14. The highest BCUT2D eigenvalue weighted by atomic mass is 32.2. The summed E-state index contributed by atoms with van der Waals surface area (Å²) < 4.78 is 4.43. The van der Waals surface area contributed by atoms with Crippen molar-refractivity contribution in [1.82, 2.24) is 0 Å². The topological polar surface area (TPSA) is 126 Å². The lowest BCUT2D eigenvalue weighted by Crippen LogP contribution is -2.06. The Hall–Kier alpha value is -0.0500. The third kappa shape index (κ3) is 53.7. The maximum Gasteiger partial charge on any atom is 0.327 e. The van der Waals surface area contributed by atoms with Gasteiger partial charge in [-0.3, -0.25) is 9.98 Å². The van der Waals surface area contributed by atoms with Crippen LogP contribution in [-0.2, 0) is 4.52 Å². The second-order valence-corrected chi connectivity index (χ2v) is 14.4. The SMILES string of the molecule is CC(C)OP(O)O.CCCCCCCCCCCCCCN=C(N)SC.CCCCCCCCCCCCCCN=C(N)SC. The lowest BCUT2D eigenvalue weighted by molar-refractivity contribution is 0.201. The first-order valence-corrected chi connectivity index (χ1v) is 21.9. The van der Waals surface area contributed by atoms with Gasteiger partial charge in [0.05, 0.1) is 6.10 Å². The molecule has 0 unspecified atom stereocenters. The van der Waals surface area contributed by atoms with E-state index < -0.39 is 8.60 Å². The Morgan fingerprint density at radius 1 is 0.533 bits per heavy atom. The molecular weight excluding hydrogens is 620 g/mol. The molecule has 0 aromatic heterocycles. The molecule has 0 amide bonds. The largest absolute Gasteiger partial charge is 0.379 e. The molecule has 272 valence electrons. The molecule has 0 fully saturated rings. The average Bonchev–Trinajstić information content (AvgIpc) is 3.01. The summed E-state index contributed by atoms with van der Waals surface area (Å²) in [5.41, 5.74) is 11.3. The molecule has 7 nitrogen and oxygen atoms in total. The number of amidine groups is 2. The van der Waals surface area contributed by atoms with Gasteiger partial charge in [0, 0.05) is 13.1 Å². The molecule has 0 saturated heterocycles. The van der Waals surface area contributed by atoms with Crippen LogP contribution in [0.15, 0.2) is 9.98 Å². The van der Waals surface area contributed by atoms with Crippen LogP contribution in [0.25, 0.3) is 0 Å². The van der Waals surface area contributed by atoms with Gasteiger partial charge in [0.1, 0.15) is 0 Å². The van der Waals surface area contributed by atoms with E-state index in [0.29, 0.717) is 0 Å². The Labute approximate surface area is 290 Å². The van der Waals surface area contributed by atoms with Crippen molar-refractivity contribution in [3.63, 3.8) is 0 Å². The highest BCUT2D eigenvalue weighted by molar-refractivity contribution is 8.13. The van der Waals surface area contributed by atoms with E-state index in [1.165, 1.54) is 178 Å². The van der Waals surface area contributed by atoms with Crippen LogP contribution >= 0.6 is 32.1 Å². The number of hydrogen-bond acceptors (Lipinski definition) is 7.